The average Bonchev–Trinajstić information content (AvgIpc) is 2.27. The van der Waals surface area contributed by atoms with Gasteiger partial charge in [0.05, 0.1) is 7.11 Å². The van der Waals surface area contributed by atoms with Gasteiger partial charge >= 0.3 is 6.61 Å². The third-order valence-corrected chi connectivity index (χ3v) is 1.77. The first kappa shape index (κ1) is 12.2. The maximum absolute atomic E-state index is 12.0. The Hall–Kier alpha value is -1.89. The summed E-state index contributed by atoms with van der Waals surface area (Å²) in [5, 5.41) is 0. The first-order valence-corrected chi connectivity index (χ1v) is 4.22. The minimum Gasteiger partial charge on any atom is -0.493 e. The number of nitrogens with one attached hydrogen (secondary N) is 1. The fraction of sp³-hybridized carbons (Fsp3) is 0.222. The van der Waals surface area contributed by atoms with Crippen LogP contribution in [0, 0.1) is 0 Å². The predicted octanol–water partition coefficient (Wildman–Crippen LogP) is 0.900. The Morgan fingerprint density at radius 1 is 1.44 bits per heavy atom. The number of halogens is 2. The van der Waals surface area contributed by atoms with Crippen molar-refractivity contribution in [3.05, 3.63) is 23.8 Å². The monoisotopic (exact) mass is 232 g/mol. The molecule has 0 saturated heterocycles. The largest absolute Gasteiger partial charge is 0.493 e. The number of carbonyl (C=O) groups is 1. The molecule has 0 spiro atoms. The first-order chi connectivity index (χ1) is 7.58. The van der Waals surface area contributed by atoms with Crippen molar-refractivity contribution in [2.75, 3.05) is 7.11 Å². The van der Waals surface area contributed by atoms with Crippen LogP contribution >= 0.6 is 0 Å². The van der Waals surface area contributed by atoms with E-state index < -0.39 is 12.5 Å². The molecule has 0 aliphatic heterocycles. The van der Waals surface area contributed by atoms with Crippen molar-refractivity contribution in [2.45, 2.75) is 6.61 Å². The summed E-state index contributed by atoms with van der Waals surface area (Å²) in [4.78, 5) is 11.1. The van der Waals surface area contributed by atoms with E-state index in [4.69, 9.17) is 10.6 Å². The number of benzene rings is 1. The lowest BCUT2D eigenvalue weighted by atomic mass is 10.2. The molecule has 3 N–H and O–H groups in total. The fourth-order valence-corrected chi connectivity index (χ4v) is 1.09. The number of hydrazine groups is 1. The molecule has 0 saturated carbocycles. The summed E-state index contributed by atoms with van der Waals surface area (Å²) < 4.78 is 33.0. The van der Waals surface area contributed by atoms with Gasteiger partial charge in [0.2, 0.25) is 0 Å². The third-order valence-electron chi connectivity index (χ3n) is 1.77. The van der Waals surface area contributed by atoms with E-state index in [1.807, 2.05) is 5.43 Å². The molecule has 1 aromatic rings. The van der Waals surface area contributed by atoms with Crippen LogP contribution in [0.1, 0.15) is 10.4 Å². The maximum Gasteiger partial charge on any atom is 0.387 e. The topological polar surface area (TPSA) is 73.6 Å². The number of nitrogens with two attached hydrogens (primary N) is 1. The molecule has 88 valence electrons. The van der Waals surface area contributed by atoms with Gasteiger partial charge in [-0.05, 0) is 18.2 Å². The molecule has 7 heteroatoms. The van der Waals surface area contributed by atoms with Crippen molar-refractivity contribution in [3.63, 3.8) is 0 Å². The molecule has 0 aliphatic carbocycles. The molecule has 0 aliphatic rings. The Bertz CT molecular complexity index is 385. The van der Waals surface area contributed by atoms with Crippen molar-refractivity contribution in [3.8, 4) is 11.5 Å². The minimum absolute atomic E-state index is 0.0291. The molecule has 5 nitrogen and oxygen atoms in total. The highest BCUT2D eigenvalue weighted by Crippen LogP contribution is 2.29. The number of amides is 1. The molecule has 1 amide bonds. The summed E-state index contributed by atoms with van der Waals surface area (Å²) in [6, 6.07) is 3.75. The molecule has 0 heterocycles. The van der Waals surface area contributed by atoms with Crippen molar-refractivity contribution in [1.82, 2.24) is 5.43 Å². The molecule has 16 heavy (non-hydrogen) atoms. The van der Waals surface area contributed by atoms with Gasteiger partial charge in [-0.15, -0.1) is 0 Å². The number of ether oxygens (including phenoxy) is 2. The zero-order valence-electron chi connectivity index (χ0n) is 8.37. The molecule has 0 aromatic heterocycles. The smallest absolute Gasteiger partial charge is 0.387 e. The van der Waals surface area contributed by atoms with Gasteiger partial charge in [0.1, 0.15) is 0 Å². The zero-order chi connectivity index (χ0) is 12.1. The molecule has 1 aromatic carbocycles. The molecule has 0 atom stereocenters. The fourth-order valence-electron chi connectivity index (χ4n) is 1.09. The van der Waals surface area contributed by atoms with E-state index in [1.165, 1.54) is 25.3 Å². The van der Waals surface area contributed by atoms with Crippen LogP contribution in [0.15, 0.2) is 18.2 Å². The molecule has 0 fully saturated rings. The molecular weight excluding hydrogens is 222 g/mol. The summed E-state index contributed by atoms with van der Waals surface area (Å²) in [5.74, 6) is 4.25. The van der Waals surface area contributed by atoms with Crippen LogP contribution in [0.5, 0.6) is 11.5 Å². The van der Waals surface area contributed by atoms with Crippen LogP contribution in [0.3, 0.4) is 0 Å². The standard InChI is InChI=1S/C9H10F2N2O3/c1-15-7-4-5(8(14)13-12)2-3-6(7)16-9(10)11/h2-4,9H,12H2,1H3,(H,13,14). The van der Waals surface area contributed by atoms with Gasteiger partial charge in [-0.3, -0.25) is 10.2 Å². The highest BCUT2D eigenvalue weighted by molar-refractivity contribution is 5.94. The average molecular weight is 232 g/mol. The normalized spacial score (nSPS) is 10.1. The second kappa shape index (κ2) is 5.26. The van der Waals surface area contributed by atoms with Crippen molar-refractivity contribution in [2.24, 2.45) is 5.84 Å². The Balaban J connectivity index is 3.01. The second-order valence-corrected chi connectivity index (χ2v) is 2.72. The van der Waals surface area contributed by atoms with Crippen molar-refractivity contribution in [1.29, 1.82) is 0 Å². The van der Waals surface area contributed by atoms with Crippen LogP contribution in [-0.4, -0.2) is 19.6 Å². The van der Waals surface area contributed by atoms with E-state index in [2.05, 4.69) is 4.74 Å². The van der Waals surface area contributed by atoms with Crippen LogP contribution < -0.4 is 20.7 Å². The number of alkyl halides is 2. The lowest BCUT2D eigenvalue weighted by Crippen LogP contribution is -2.29. The Labute approximate surface area is 90.1 Å². The van der Waals surface area contributed by atoms with Gasteiger partial charge in [0.25, 0.3) is 5.91 Å². The highest BCUT2D eigenvalue weighted by atomic mass is 19.3. The molecule has 0 unspecified atom stereocenters. The number of hydrogen-bond donors (Lipinski definition) is 2. The predicted molar refractivity (Wildman–Crippen MR) is 51.3 cm³/mol. The second-order valence-electron chi connectivity index (χ2n) is 2.72. The van der Waals surface area contributed by atoms with Gasteiger partial charge in [0.15, 0.2) is 11.5 Å². The zero-order valence-corrected chi connectivity index (χ0v) is 8.37. The molecule has 1 rings (SSSR count). The summed E-state index contributed by atoms with van der Waals surface area (Å²) >= 11 is 0. The summed E-state index contributed by atoms with van der Waals surface area (Å²) in [5.41, 5.74) is 2.09. The number of rotatable bonds is 4. The highest BCUT2D eigenvalue weighted by Gasteiger charge is 2.13. The van der Waals surface area contributed by atoms with E-state index in [9.17, 15) is 13.6 Å². The lowest BCUT2D eigenvalue weighted by molar-refractivity contribution is -0.0512. The van der Waals surface area contributed by atoms with Gasteiger partial charge < -0.3 is 9.47 Å². The number of carbonyl (C=O) groups excluding carboxylic acids is 1. The van der Waals surface area contributed by atoms with Crippen LogP contribution in [0.2, 0.25) is 0 Å². The van der Waals surface area contributed by atoms with E-state index in [0.717, 1.165) is 0 Å². The van der Waals surface area contributed by atoms with Gasteiger partial charge in [0, 0.05) is 5.56 Å². The Morgan fingerprint density at radius 3 is 2.62 bits per heavy atom. The van der Waals surface area contributed by atoms with Gasteiger partial charge in [-0.2, -0.15) is 8.78 Å². The van der Waals surface area contributed by atoms with Crippen LogP contribution in [-0.2, 0) is 0 Å². The van der Waals surface area contributed by atoms with Crippen LogP contribution in [0.25, 0.3) is 0 Å². The summed E-state index contributed by atoms with van der Waals surface area (Å²) in [7, 11) is 1.28. The lowest BCUT2D eigenvalue weighted by Gasteiger charge is -2.10. The third kappa shape index (κ3) is 2.80. The van der Waals surface area contributed by atoms with Crippen molar-refractivity contribution < 1.29 is 23.0 Å². The molecular formula is C9H10F2N2O3. The van der Waals surface area contributed by atoms with E-state index in [0.29, 0.717) is 0 Å². The Morgan fingerprint density at radius 2 is 2.12 bits per heavy atom. The minimum atomic E-state index is -2.96. The van der Waals surface area contributed by atoms with Gasteiger partial charge in [-0.25, -0.2) is 5.84 Å². The van der Waals surface area contributed by atoms with Gasteiger partial charge in [-0.1, -0.05) is 0 Å². The number of nitrogen functional groups attached to an aromatic ring is 1. The Kier molecular flexibility index (Phi) is 4.01. The number of hydrogen-bond acceptors (Lipinski definition) is 4. The maximum atomic E-state index is 12.0. The summed E-state index contributed by atoms with van der Waals surface area (Å²) in [6.07, 6.45) is 0. The molecule has 0 bridgehead atoms. The van der Waals surface area contributed by atoms with Crippen molar-refractivity contribution >= 4 is 5.91 Å². The first-order valence-electron chi connectivity index (χ1n) is 4.22. The van der Waals surface area contributed by atoms with E-state index in [1.54, 1.807) is 0 Å². The molecule has 0 radical (unpaired) electrons. The number of methoxy groups -OCH3 is 1. The van der Waals surface area contributed by atoms with Crippen LogP contribution in [0.4, 0.5) is 8.78 Å². The van der Waals surface area contributed by atoms with E-state index >= 15 is 0 Å². The van der Waals surface area contributed by atoms with E-state index in [-0.39, 0.29) is 17.1 Å². The SMILES string of the molecule is COc1cc(C(=O)NN)ccc1OC(F)F. The quantitative estimate of drug-likeness (QED) is 0.459. The summed E-state index contributed by atoms with van der Waals surface area (Å²) in [6.45, 7) is -2.96.